The SMILES string of the molecule is CC(=O)OC(C)C(=O)c1cc(C)n(-c2ccc(OC(F)F)cc2)c1C. The number of aromatic nitrogens is 1. The standard InChI is InChI=1S/C18H19F2NO4/c1-10-9-16(17(23)12(3)24-13(4)22)11(2)21(10)14-5-7-15(8-6-14)25-18(19)20/h5-9,12,18H,1-4H3. The van der Waals surface area contributed by atoms with E-state index in [0.29, 0.717) is 16.9 Å². The Balaban J connectivity index is 2.33. The smallest absolute Gasteiger partial charge is 0.387 e. The molecule has 1 aromatic heterocycles. The van der Waals surface area contributed by atoms with Crippen LogP contribution in [-0.4, -0.2) is 29.0 Å². The monoisotopic (exact) mass is 351 g/mol. The number of halogens is 2. The first kappa shape index (κ1) is 18.6. The zero-order valence-corrected chi connectivity index (χ0v) is 14.4. The number of alkyl halides is 2. The summed E-state index contributed by atoms with van der Waals surface area (Å²) in [6.45, 7) is 3.48. The van der Waals surface area contributed by atoms with Crippen molar-refractivity contribution in [2.45, 2.75) is 40.4 Å². The van der Waals surface area contributed by atoms with E-state index in [1.807, 2.05) is 11.5 Å². The van der Waals surface area contributed by atoms with Crippen molar-refractivity contribution in [3.8, 4) is 11.4 Å². The summed E-state index contributed by atoms with van der Waals surface area (Å²) in [5.41, 5.74) is 2.61. The first-order valence-electron chi connectivity index (χ1n) is 7.66. The van der Waals surface area contributed by atoms with Gasteiger partial charge in [-0.1, -0.05) is 0 Å². The molecule has 0 saturated heterocycles. The molecule has 0 fully saturated rings. The van der Waals surface area contributed by atoms with E-state index in [1.165, 1.54) is 26.0 Å². The van der Waals surface area contributed by atoms with Gasteiger partial charge < -0.3 is 14.0 Å². The fraction of sp³-hybridized carbons (Fsp3) is 0.333. The lowest BCUT2D eigenvalue weighted by atomic mass is 10.1. The summed E-state index contributed by atoms with van der Waals surface area (Å²) in [5.74, 6) is -0.766. The Hall–Kier alpha value is -2.70. The Bertz CT molecular complexity index is 781. The van der Waals surface area contributed by atoms with Crippen LogP contribution in [0.5, 0.6) is 5.75 Å². The second-order valence-corrected chi connectivity index (χ2v) is 5.61. The van der Waals surface area contributed by atoms with Gasteiger partial charge in [0.15, 0.2) is 6.10 Å². The molecular formula is C18H19F2NO4. The molecular weight excluding hydrogens is 332 g/mol. The minimum Gasteiger partial charge on any atom is -0.454 e. The quantitative estimate of drug-likeness (QED) is 0.586. The van der Waals surface area contributed by atoms with Gasteiger partial charge in [-0.15, -0.1) is 0 Å². The minimum atomic E-state index is -2.88. The molecule has 5 nitrogen and oxygen atoms in total. The number of benzene rings is 1. The van der Waals surface area contributed by atoms with Gasteiger partial charge in [0.25, 0.3) is 0 Å². The lowest BCUT2D eigenvalue weighted by molar-refractivity contribution is -0.143. The van der Waals surface area contributed by atoms with Gasteiger partial charge >= 0.3 is 12.6 Å². The molecule has 0 spiro atoms. The first-order valence-corrected chi connectivity index (χ1v) is 7.66. The van der Waals surface area contributed by atoms with E-state index >= 15 is 0 Å². The number of hydrogen-bond acceptors (Lipinski definition) is 4. The highest BCUT2D eigenvalue weighted by Crippen LogP contribution is 2.24. The number of carbonyl (C=O) groups is 2. The number of ketones is 1. The molecule has 1 unspecified atom stereocenters. The lowest BCUT2D eigenvalue weighted by Crippen LogP contribution is -2.23. The van der Waals surface area contributed by atoms with Gasteiger partial charge in [0.2, 0.25) is 5.78 Å². The van der Waals surface area contributed by atoms with Gasteiger partial charge in [-0.05, 0) is 51.1 Å². The number of esters is 1. The highest BCUT2D eigenvalue weighted by atomic mass is 19.3. The number of aryl methyl sites for hydroxylation is 1. The van der Waals surface area contributed by atoms with Crippen LogP contribution >= 0.6 is 0 Å². The van der Waals surface area contributed by atoms with Crippen molar-refractivity contribution in [1.82, 2.24) is 4.57 Å². The first-order chi connectivity index (χ1) is 11.7. The van der Waals surface area contributed by atoms with Crippen molar-refractivity contribution in [3.05, 3.63) is 47.3 Å². The van der Waals surface area contributed by atoms with E-state index in [9.17, 15) is 18.4 Å². The summed E-state index contributed by atoms with van der Waals surface area (Å²) in [6, 6.07) is 7.83. The third-order valence-corrected chi connectivity index (χ3v) is 3.73. The van der Waals surface area contributed by atoms with Crippen LogP contribution in [-0.2, 0) is 9.53 Å². The zero-order chi connectivity index (χ0) is 18.7. The number of nitrogens with zero attached hydrogens (tertiary/aromatic N) is 1. The molecule has 134 valence electrons. The normalized spacial score (nSPS) is 12.1. The van der Waals surface area contributed by atoms with Crippen molar-refractivity contribution in [1.29, 1.82) is 0 Å². The minimum absolute atomic E-state index is 0.0565. The second kappa shape index (κ2) is 7.46. The maximum atomic E-state index is 12.5. The average molecular weight is 351 g/mol. The van der Waals surface area contributed by atoms with Crippen LogP contribution < -0.4 is 4.74 Å². The third-order valence-electron chi connectivity index (χ3n) is 3.73. The molecule has 0 N–H and O–H groups in total. The number of rotatable bonds is 6. The molecule has 0 aliphatic carbocycles. The van der Waals surface area contributed by atoms with Crippen molar-refractivity contribution < 1.29 is 27.8 Å². The van der Waals surface area contributed by atoms with Crippen molar-refractivity contribution in [2.24, 2.45) is 0 Å². The van der Waals surface area contributed by atoms with Crippen LogP contribution in [0.1, 0.15) is 35.6 Å². The van der Waals surface area contributed by atoms with E-state index < -0.39 is 18.7 Å². The highest BCUT2D eigenvalue weighted by molar-refractivity contribution is 6.01. The van der Waals surface area contributed by atoms with E-state index in [1.54, 1.807) is 25.1 Å². The fourth-order valence-electron chi connectivity index (χ4n) is 2.71. The van der Waals surface area contributed by atoms with E-state index in [4.69, 9.17) is 4.74 Å². The topological polar surface area (TPSA) is 57.5 Å². The molecule has 7 heteroatoms. The Morgan fingerprint density at radius 2 is 1.72 bits per heavy atom. The summed E-state index contributed by atoms with van der Waals surface area (Å²) >= 11 is 0. The molecule has 0 bridgehead atoms. The Kier molecular flexibility index (Phi) is 5.56. The van der Waals surface area contributed by atoms with Crippen LogP contribution in [0, 0.1) is 13.8 Å². The predicted molar refractivity (Wildman–Crippen MR) is 87.4 cm³/mol. The van der Waals surface area contributed by atoms with Gasteiger partial charge in [-0.2, -0.15) is 8.78 Å². The summed E-state index contributed by atoms with van der Waals surface area (Å²) in [5, 5.41) is 0. The fourth-order valence-corrected chi connectivity index (χ4v) is 2.71. The van der Waals surface area contributed by atoms with Crippen LogP contribution in [0.3, 0.4) is 0 Å². The van der Waals surface area contributed by atoms with Crippen LogP contribution in [0.4, 0.5) is 8.78 Å². The van der Waals surface area contributed by atoms with Crippen molar-refractivity contribution in [2.75, 3.05) is 0 Å². The number of Topliss-reactive ketones (excluding diaryl/α,β-unsaturated/α-hetero) is 1. The van der Waals surface area contributed by atoms with Gasteiger partial charge in [0.1, 0.15) is 5.75 Å². The summed E-state index contributed by atoms with van der Waals surface area (Å²) in [6.07, 6.45) is -0.881. The van der Waals surface area contributed by atoms with Crippen molar-refractivity contribution in [3.63, 3.8) is 0 Å². The van der Waals surface area contributed by atoms with Gasteiger partial charge in [-0.3, -0.25) is 9.59 Å². The second-order valence-electron chi connectivity index (χ2n) is 5.61. The molecule has 25 heavy (non-hydrogen) atoms. The third kappa shape index (κ3) is 4.23. The number of hydrogen-bond donors (Lipinski definition) is 0. The maximum absolute atomic E-state index is 12.5. The van der Waals surface area contributed by atoms with Crippen molar-refractivity contribution >= 4 is 11.8 Å². The molecule has 2 rings (SSSR count). The molecule has 0 saturated carbocycles. The Labute approximate surface area is 144 Å². The van der Waals surface area contributed by atoms with Crippen LogP contribution in [0.15, 0.2) is 30.3 Å². The molecule has 1 atom stereocenters. The van der Waals surface area contributed by atoms with Gasteiger partial charge in [-0.25, -0.2) is 0 Å². The maximum Gasteiger partial charge on any atom is 0.387 e. The molecule has 1 heterocycles. The van der Waals surface area contributed by atoms with E-state index in [0.717, 1.165) is 5.69 Å². The van der Waals surface area contributed by atoms with Gasteiger partial charge in [0, 0.05) is 29.6 Å². The lowest BCUT2D eigenvalue weighted by Gasteiger charge is -2.13. The van der Waals surface area contributed by atoms with Gasteiger partial charge in [0.05, 0.1) is 0 Å². The summed E-state index contributed by atoms with van der Waals surface area (Å²) in [7, 11) is 0. The van der Waals surface area contributed by atoms with E-state index in [2.05, 4.69) is 4.74 Å². The Morgan fingerprint density at radius 1 is 1.12 bits per heavy atom. The Morgan fingerprint density at radius 3 is 2.24 bits per heavy atom. The molecule has 0 radical (unpaired) electrons. The van der Waals surface area contributed by atoms with Crippen LogP contribution in [0.25, 0.3) is 5.69 Å². The molecule has 0 aliphatic heterocycles. The molecule has 1 aromatic carbocycles. The highest BCUT2D eigenvalue weighted by Gasteiger charge is 2.23. The number of ether oxygens (including phenoxy) is 2. The average Bonchev–Trinajstić information content (AvgIpc) is 2.81. The number of carbonyl (C=O) groups excluding carboxylic acids is 2. The summed E-state index contributed by atoms with van der Waals surface area (Å²) in [4.78, 5) is 23.5. The predicted octanol–water partition coefficient (Wildman–Crippen LogP) is 3.83. The van der Waals surface area contributed by atoms with Crippen LogP contribution in [0.2, 0.25) is 0 Å². The van der Waals surface area contributed by atoms with E-state index in [-0.39, 0.29) is 11.5 Å². The molecule has 0 aliphatic rings. The molecule has 0 amide bonds. The largest absolute Gasteiger partial charge is 0.454 e. The molecule has 2 aromatic rings. The summed E-state index contributed by atoms with van der Waals surface area (Å²) < 4.78 is 35.6. The zero-order valence-electron chi connectivity index (χ0n) is 14.4.